The first-order valence-corrected chi connectivity index (χ1v) is 6.96. The van der Waals surface area contributed by atoms with Gasteiger partial charge in [-0.05, 0) is 38.7 Å². The standard InChI is InChI=1S/C14H23ClN2O/c1-3-17(4-2)10-6-9-16-11-12-7-5-8-13(15)14(12)18/h5,7-8,16,18H,3-4,6,9-11H2,1-2H3. The first-order valence-electron chi connectivity index (χ1n) is 6.58. The zero-order chi connectivity index (χ0) is 13.4. The lowest BCUT2D eigenvalue weighted by Crippen LogP contribution is -2.27. The summed E-state index contributed by atoms with van der Waals surface area (Å²) in [6.07, 6.45) is 1.11. The van der Waals surface area contributed by atoms with Gasteiger partial charge in [0.2, 0.25) is 0 Å². The molecule has 4 heteroatoms. The third kappa shape index (κ3) is 4.84. The molecule has 0 spiro atoms. The van der Waals surface area contributed by atoms with Crippen LogP contribution in [0.2, 0.25) is 5.02 Å². The molecule has 0 unspecified atom stereocenters. The number of phenolic OH excluding ortho intramolecular Hbond substituents is 1. The van der Waals surface area contributed by atoms with Crippen molar-refractivity contribution in [2.75, 3.05) is 26.2 Å². The maximum Gasteiger partial charge on any atom is 0.138 e. The molecule has 102 valence electrons. The highest BCUT2D eigenvalue weighted by molar-refractivity contribution is 6.32. The van der Waals surface area contributed by atoms with Crippen LogP contribution in [-0.4, -0.2) is 36.2 Å². The first-order chi connectivity index (χ1) is 8.69. The number of para-hydroxylation sites is 1. The van der Waals surface area contributed by atoms with Gasteiger partial charge in [-0.1, -0.05) is 37.6 Å². The second kappa shape index (κ2) is 8.35. The zero-order valence-corrected chi connectivity index (χ0v) is 12.0. The summed E-state index contributed by atoms with van der Waals surface area (Å²) in [6, 6.07) is 5.44. The summed E-state index contributed by atoms with van der Waals surface area (Å²) in [5, 5.41) is 13.5. The fourth-order valence-corrected chi connectivity index (χ4v) is 2.09. The number of nitrogens with one attached hydrogen (secondary N) is 1. The van der Waals surface area contributed by atoms with Gasteiger partial charge in [0.1, 0.15) is 5.75 Å². The van der Waals surface area contributed by atoms with Crippen molar-refractivity contribution in [3.63, 3.8) is 0 Å². The van der Waals surface area contributed by atoms with E-state index in [1.54, 1.807) is 6.07 Å². The Hall–Kier alpha value is -0.770. The Bertz CT molecular complexity index is 354. The fraction of sp³-hybridized carbons (Fsp3) is 0.571. The number of aromatic hydroxyl groups is 1. The summed E-state index contributed by atoms with van der Waals surface area (Å²) in [6.45, 7) is 9.29. The highest BCUT2D eigenvalue weighted by atomic mass is 35.5. The molecule has 1 aromatic carbocycles. The van der Waals surface area contributed by atoms with E-state index in [-0.39, 0.29) is 5.75 Å². The van der Waals surface area contributed by atoms with Crippen molar-refractivity contribution in [2.45, 2.75) is 26.8 Å². The average molecular weight is 271 g/mol. The average Bonchev–Trinajstić information content (AvgIpc) is 2.38. The van der Waals surface area contributed by atoms with Gasteiger partial charge in [0.05, 0.1) is 5.02 Å². The second-order valence-corrected chi connectivity index (χ2v) is 4.71. The highest BCUT2D eigenvalue weighted by Crippen LogP contribution is 2.26. The normalized spacial score (nSPS) is 11.1. The molecule has 1 aromatic rings. The molecule has 0 heterocycles. The molecule has 0 amide bonds. The number of hydrogen-bond acceptors (Lipinski definition) is 3. The lowest BCUT2D eigenvalue weighted by molar-refractivity contribution is 0.298. The van der Waals surface area contributed by atoms with E-state index in [0.29, 0.717) is 11.6 Å². The number of halogens is 1. The minimum atomic E-state index is 0.190. The molecule has 0 radical (unpaired) electrons. The quantitative estimate of drug-likeness (QED) is 0.713. The van der Waals surface area contributed by atoms with E-state index in [2.05, 4.69) is 24.1 Å². The SMILES string of the molecule is CCN(CC)CCCNCc1cccc(Cl)c1O. The third-order valence-corrected chi connectivity index (χ3v) is 3.41. The number of rotatable bonds is 8. The molecule has 0 aromatic heterocycles. The molecule has 2 N–H and O–H groups in total. The van der Waals surface area contributed by atoms with Crippen molar-refractivity contribution in [1.82, 2.24) is 10.2 Å². The number of nitrogens with zero attached hydrogens (tertiary/aromatic N) is 1. The summed E-state index contributed by atoms with van der Waals surface area (Å²) in [5.74, 6) is 0.190. The summed E-state index contributed by atoms with van der Waals surface area (Å²) in [4.78, 5) is 2.40. The maximum absolute atomic E-state index is 9.74. The van der Waals surface area contributed by atoms with Crippen LogP contribution in [0.1, 0.15) is 25.8 Å². The molecule has 1 rings (SSSR count). The van der Waals surface area contributed by atoms with Gasteiger partial charge < -0.3 is 15.3 Å². The van der Waals surface area contributed by atoms with Gasteiger partial charge >= 0.3 is 0 Å². The molecular formula is C14H23ClN2O. The third-order valence-electron chi connectivity index (χ3n) is 3.11. The smallest absolute Gasteiger partial charge is 0.138 e. The Morgan fingerprint density at radius 3 is 2.67 bits per heavy atom. The largest absolute Gasteiger partial charge is 0.506 e. The Kier molecular flexibility index (Phi) is 7.09. The van der Waals surface area contributed by atoms with Crippen molar-refractivity contribution >= 4 is 11.6 Å². The Balaban J connectivity index is 2.24. The van der Waals surface area contributed by atoms with Gasteiger partial charge in [0, 0.05) is 12.1 Å². The van der Waals surface area contributed by atoms with Gasteiger partial charge in [0.15, 0.2) is 0 Å². The summed E-state index contributed by atoms with van der Waals surface area (Å²) in [5.41, 5.74) is 0.852. The highest BCUT2D eigenvalue weighted by Gasteiger charge is 2.04. The van der Waals surface area contributed by atoms with Crippen molar-refractivity contribution in [1.29, 1.82) is 0 Å². The van der Waals surface area contributed by atoms with E-state index in [9.17, 15) is 5.11 Å². The lowest BCUT2D eigenvalue weighted by atomic mass is 10.2. The fourth-order valence-electron chi connectivity index (χ4n) is 1.89. The number of hydrogen-bond donors (Lipinski definition) is 2. The van der Waals surface area contributed by atoms with Gasteiger partial charge in [-0.3, -0.25) is 0 Å². The van der Waals surface area contributed by atoms with Crippen molar-refractivity contribution < 1.29 is 5.11 Å². The van der Waals surface area contributed by atoms with Crippen molar-refractivity contribution in [2.24, 2.45) is 0 Å². The molecule has 0 atom stereocenters. The molecule has 3 nitrogen and oxygen atoms in total. The van der Waals surface area contributed by atoms with Crippen molar-refractivity contribution in [3.8, 4) is 5.75 Å². The van der Waals surface area contributed by atoms with E-state index >= 15 is 0 Å². The molecule has 18 heavy (non-hydrogen) atoms. The first kappa shape index (κ1) is 15.3. The zero-order valence-electron chi connectivity index (χ0n) is 11.2. The van der Waals surface area contributed by atoms with Gasteiger partial charge in [0.25, 0.3) is 0 Å². The van der Waals surface area contributed by atoms with Gasteiger partial charge in [-0.25, -0.2) is 0 Å². The van der Waals surface area contributed by atoms with Crippen LogP contribution >= 0.6 is 11.6 Å². The summed E-state index contributed by atoms with van der Waals surface area (Å²) in [7, 11) is 0. The molecule has 0 saturated heterocycles. The summed E-state index contributed by atoms with van der Waals surface area (Å²) < 4.78 is 0. The van der Waals surface area contributed by atoms with E-state index < -0.39 is 0 Å². The second-order valence-electron chi connectivity index (χ2n) is 4.30. The lowest BCUT2D eigenvalue weighted by Gasteiger charge is -2.17. The minimum absolute atomic E-state index is 0.190. The molecule has 0 fully saturated rings. The molecule has 0 bridgehead atoms. The minimum Gasteiger partial charge on any atom is -0.506 e. The Morgan fingerprint density at radius 1 is 1.28 bits per heavy atom. The van der Waals surface area contributed by atoms with E-state index in [4.69, 9.17) is 11.6 Å². The van der Waals surface area contributed by atoms with Gasteiger partial charge in [-0.15, -0.1) is 0 Å². The topological polar surface area (TPSA) is 35.5 Å². The molecule has 0 aliphatic carbocycles. The maximum atomic E-state index is 9.74. The molecule has 0 saturated carbocycles. The van der Waals surface area contributed by atoms with E-state index in [0.717, 1.165) is 38.2 Å². The molecule has 0 aliphatic rings. The van der Waals surface area contributed by atoms with Crippen LogP contribution in [0.5, 0.6) is 5.75 Å². The van der Waals surface area contributed by atoms with Crippen LogP contribution in [0.25, 0.3) is 0 Å². The van der Waals surface area contributed by atoms with Crippen LogP contribution in [0.4, 0.5) is 0 Å². The van der Waals surface area contributed by atoms with E-state index in [1.807, 2.05) is 12.1 Å². The van der Waals surface area contributed by atoms with Crippen LogP contribution in [0.15, 0.2) is 18.2 Å². The van der Waals surface area contributed by atoms with Crippen LogP contribution in [-0.2, 0) is 6.54 Å². The van der Waals surface area contributed by atoms with Gasteiger partial charge in [-0.2, -0.15) is 0 Å². The van der Waals surface area contributed by atoms with Crippen LogP contribution in [0, 0.1) is 0 Å². The Morgan fingerprint density at radius 2 is 2.00 bits per heavy atom. The molecule has 0 aliphatic heterocycles. The predicted octanol–water partition coefficient (Wildman–Crippen LogP) is 2.87. The molecular weight excluding hydrogens is 248 g/mol. The van der Waals surface area contributed by atoms with Crippen LogP contribution < -0.4 is 5.32 Å². The van der Waals surface area contributed by atoms with Crippen LogP contribution in [0.3, 0.4) is 0 Å². The Labute approximate surface area is 115 Å². The predicted molar refractivity (Wildman–Crippen MR) is 77.2 cm³/mol. The number of phenols is 1. The summed E-state index contributed by atoms with van der Waals surface area (Å²) >= 11 is 5.85. The van der Waals surface area contributed by atoms with Crippen molar-refractivity contribution in [3.05, 3.63) is 28.8 Å². The number of benzene rings is 1. The van der Waals surface area contributed by atoms with E-state index in [1.165, 1.54) is 0 Å². The monoisotopic (exact) mass is 270 g/mol.